The van der Waals surface area contributed by atoms with E-state index in [0.717, 1.165) is 32.5 Å². The molecule has 3 aromatic carbocycles. The van der Waals surface area contributed by atoms with Crippen molar-refractivity contribution >= 4 is 27.6 Å². The zero-order chi connectivity index (χ0) is 22.9. The lowest BCUT2D eigenvalue weighted by Gasteiger charge is -2.28. The van der Waals surface area contributed by atoms with E-state index in [-0.39, 0.29) is 18.5 Å². The van der Waals surface area contributed by atoms with Crippen LogP contribution in [0.1, 0.15) is 22.6 Å². The lowest BCUT2D eigenvalue weighted by atomic mass is 9.81. The van der Waals surface area contributed by atoms with E-state index in [1.807, 2.05) is 60.7 Å². The first-order chi connectivity index (χ1) is 16.1. The van der Waals surface area contributed by atoms with Crippen molar-refractivity contribution < 1.29 is 23.7 Å². The largest absolute Gasteiger partial charge is 0.497 e. The minimum Gasteiger partial charge on any atom is -0.497 e. The molecule has 1 atom stereocenters. The lowest BCUT2D eigenvalue weighted by Crippen LogP contribution is -2.20. The summed E-state index contributed by atoms with van der Waals surface area (Å²) in [5, 5.41) is 3.38. The third-order valence-electron chi connectivity index (χ3n) is 5.83. The first-order valence-corrected chi connectivity index (χ1v) is 11.3. The molecule has 1 N–H and O–H groups in total. The number of halogens is 1. The molecule has 2 aliphatic heterocycles. The summed E-state index contributed by atoms with van der Waals surface area (Å²) >= 11 is 3.66. The molecule has 1 unspecified atom stereocenters. The first kappa shape index (κ1) is 21.4. The lowest BCUT2D eigenvalue weighted by molar-refractivity contribution is -0.136. The number of methoxy groups -OCH3 is 2. The molecule has 168 valence electrons. The number of benzene rings is 3. The number of nitrogens with one attached hydrogen (secondary N) is 1. The van der Waals surface area contributed by atoms with Crippen LogP contribution in [-0.4, -0.2) is 26.8 Å². The molecular weight excluding hydrogens is 486 g/mol. The number of esters is 1. The third kappa shape index (κ3) is 4.04. The molecule has 0 saturated carbocycles. The summed E-state index contributed by atoms with van der Waals surface area (Å²) in [4.78, 5) is 12.7. The third-order valence-corrected chi connectivity index (χ3v) is 6.45. The van der Waals surface area contributed by atoms with E-state index < -0.39 is 0 Å². The van der Waals surface area contributed by atoms with Gasteiger partial charge in [-0.1, -0.05) is 30.3 Å². The SMILES string of the molecule is COc1cc(OC)cc(C2C3=C(COC3=O)Nc3cc(OCc4ccccc4)c(Br)cc32)c1. The summed E-state index contributed by atoms with van der Waals surface area (Å²) in [6.07, 6.45) is 0. The summed E-state index contributed by atoms with van der Waals surface area (Å²) in [7, 11) is 3.22. The number of carbonyl (C=O) groups is 1. The predicted octanol–water partition coefficient (Wildman–Crippen LogP) is 5.41. The van der Waals surface area contributed by atoms with Gasteiger partial charge in [-0.2, -0.15) is 0 Å². The van der Waals surface area contributed by atoms with Gasteiger partial charge >= 0.3 is 5.97 Å². The molecule has 6 nitrogen and oxygen atoms in total. The Balaban J connectivity index is 1.58. The summed E-state index contributed by atoms with van der Waals surface area (Å²) in [5.74, 6) is 1.35. The fourth-order valence-corrected chi connectivity index (χ4v) is 4.71. The normalized spacial score (nSPS) is 16.5. The number of fused-ring (bicyclic) bond motifs is 1. The van der Waals surface area contributed by atoms with Crippen LogP contribution in [0, 0.1) is 0 Å². The highest BCUT2D eigenvalue weighted by Crippen LogP contribution is 2.48. The Morgan fingerprint density at radius 2 is 1.76 bits per heavy atom. The summed E-state index contributed by atoms with van der Waals surface area (Å²) in [6.45, 7) is 0.658. The van der Waals surface area contributed by atoms with Crippen LogP contribution >= 0.6 is 15.9 Å². The van der Waals surface area contributed by atoms with Gasteiger partial charge in [0, 0.05) is 23.7 Å². The minimum atomic E-state index is -0.338. The second kappa shape index (κ2) is 8.83. The molecule has 3 aromatic rings. The Morgan fingerprint density at radius 1 is 1.03 bits per heavy atom. The van der Waals surface area contributed by atoms with Crippen molar-refractivity contribution in [3.63, 3.8) is 0 Å². The molecule has 0 saturated heterocycles. The van der Waals surface area contributed by atoms with Crippen LogP contribution < -0.4 is 19.5 Å². The number of hydrogen-bond acceptors (Lipinski definition) is 6. The number of ether oxygens (including phenoxy) is 4. The van der Waals surface area contributed by atoms with Gasteiger partial charge in [0.15, 0.2) is 0 Å². The average Bonchev–Trinajstić information content (AvgIpc) is 3.21. The zero-order valence-corrected chi connectivity index (χ0v) is 19.8. The van der Waals surface area contributed by atoms with Crippen LogP contribution in [0.15, 0.2) is 76.4 Å². The quantitative estimate of drug-likeness (QED) is 0.449. The molecule has 5 rings (SSSR count). The smallest absolute Gasteiger partial charge is 0.337 e. The molecule has 0 aliphatic carbocycles. The van der Waals surface area contributed by atoms with E-state index in [2.05, 4.69) is 21.2 Å². The van der Waals surface area contributed by atoms with Crippen LogP contribution in [0.2, 0.25) is 0 Å². The number of anilines is 1. The zero-order valence-electron chi connectivity index (χ0n) is 18.2. The summed E-state index contributed by atoms with van der Waals surface area (Å²) in [5.41, 5.74) is 5.12. The number of hydrogen-bond donors (Lipinski definition) is 1. The van der Waals surface area contributed by atoms with Gasteiger partial charge in [0.1, 0.15) is 30.5 Å². The second-order valence-corrected chi connectivity index (χ2v) is 8.67. The molecule has 0 fully saturated rings. The molecular formula is C26H22BrNO5. The fourth-order valence-electron chi connectivity index (χ4n) is 4.23. The maximum Gasteiger partial charge on any atom is 0.337 e. The number of carbonyl (C=O) groups excluding carboxylic acids is 1. The Morgan fingerprint density at radius 3 is 2.45 bits per heavy atom. The van der Waals surface area contributed by atoms with Crippen molar-refractivity contribution in [3.05, 3.63) is 93.1 Å². The molecule has 2 aliphatic rings. The molecule has 0 spiro atoms. The van der Waals surface area contributed by atoms with Gasteiger partial charge in [-0.05, 0) is 50.8 Å². The summed E-state index contributed by atoms with van der Waals surface area (Å²) in [6, 6.07) is 19.6. The number of rotatable bonds is 6. The Hall–Kier alpha value is -3.45. The molecule has 7 heteroatoms. The molecule has 0 radical (unpaired) electrons. The molecule has 2 heterocycles. The van der Waals surface area contributed by atoms with Crippen molar-refractivity contribution in [2.24, 2.45) is 0 Å². The van der Waals surface area contributed by atoms with Crippen LogP contribution in [0.3, 0.4) is 0 Å². The Kier molecular flexibility index (Phi) is 5.72. The van der Waals surface area contributed by atoms with Gasteiger partial charge in [-0.25, -0.2) is 4.79 Å². The van der Waals surface area contributed by atoms with Gasteiger partial charge < -0.3 is 24.3 Å². The van der Waals surface area contributed by atoms with Crippen molar-refractivity contribution in [1.29, 1.82) is 0 Å². The topological polar surface area (TPSA) is 66.0 Å². The molecule has 33 heavy (non-hydrogen) atoms. The summed E-state index contributed by atoms with van der Waals surface area (Å²) < 4.78 is 23.2. The highest BCUT2D eigenvalue weighted by Gasteiger charge is 2.39. The molecule has 0 aromatic heterocycles. The van der Waals surface area contributed by atoms with Crippen LogP contribution in [-0.2, 0) is 16.1 Å². The van der Waals surface area contributed by atoms with Gasteiger partial charge in [0.2, 0.25) is 0 Å². The first-order valence-electron chi connectivity index (χ1n) is 10.5. The monoisotopic (exact) mass is 507 g/mol. The van der Waals surface area contributed by atoms with Gasteiger partial charge in [-0.15, -0.1) is 0 Å². The second-order valence-electron chi connectivity index (χ2n) is 7.82. The predicted molar refractivity (Wildman–Crippen MR) is 128 cm³/mol. The molecule has 0 amide bonds. The average molecular weight is 508 g/mol. The van der Waals surface area contributed by atoms with Crippen LogP contribution in [0.4, 0.5) is 5.69 Å². The van der Waals surface area contributed by atoms with Crippen LogP contribution in [0.25, 0.3) is 0 Å². The minimum absolute atomic E-state index is 0.210. The van der Waals surface area contributed by atoms with E-state index in [9.17, 15) is 4.79 Å². The van der Waals surface area contributed by atoms with Gasteiger partial charge in [0.05, 0.1) is 30.0 Å². The maximum absolute atomic E-state index is 12.7. The van der Waals surface area contributed by atoms with E-state index in [1.54, 1.807) is 14.2 Å². The van der Waals surface area contributed by atoms with Gasteiger partial charge in [-0.3, -0.25) is 0 Å². The van der Waals surface area contributed by atoms with Crippen molar-refractivity contribution in [3.8, 4) is 17.2 Å². The van der Waals surface area contributed by atoms with E-state index in [4.69, 9.17) is 18.9 Å². The highest BCUT2D eigenvalue weighted by molar-refractivity contribution is 9.10. The van der Waals surface area contributed by atoms with Crippen molar-refractivity contribution in [2.75, 3.05) is 26.1 Å². The Bertz CT molecular complexity index is 1230. The number of cyclic esters (lactones) is 1. The van der Waals surface area contributed by atoms with E-state index >= 15 is 0 Å². The highest BCUT2D eigenvalue weighted by atomic mass is 79.9. The molecule has 0 bridgehead atoms. The van der Waals surface area contributed by atoms with E-state index in [1.165, 1.54) is 0 Å². The van der Waals surface area contributed by atoms with Crippen molar-refractivity contribution in [2.45, 2.75) is 12.5 Å². The van der Waals surface area contributed by atoms with Crippen LogP contribution in [0.5, 0.6) is 17.2 Å². The van der Waals surface area contributed by atoms with Gasteiger partial charge in [0.25, 0.3) is 0 Å². The van der Waals surface area contributed by atoms with Crippen molar-refractivity contribution in [1.82, 2.24) is 0 Å². The fraction of sp³-hybridized carbons (Fsp3) is 0.192. The standard InChI is InChI=1S/C26H22BrNO5/c1-30-17-8-16(9-18(10-17)31-2)24-19-11-20(27)23(32-13-15-6-4-3-5-7-15)12-21(19)28-22-14-33-26(29)25(22)24/h3-12,24,28H,13-14H2,1-2H3. The maximum atomic E-state index is 12.7. The Labute approximate surface area is 200 Å². The van der Waals surface area contributed by atoms with E-state index in [0.29, 0.717) is 29.4 Å².